The molecule has 2 atom stereocenters. The molecule has 2 heterocycles. The van der Waals surface area contributed by atoms with E-state index in [0.717, 1.165) is 17.7 Å². The zero-order valence-corrected chi connectivity index (χ0v) is 12.5. The maximum Gasteiger partial charge on any atom is 0.248 e. The Morgan fingerprint density at radius 3 is 3.05 bits per heavy atom. The van der Waals surface area contributed by atoms with Crippen molar-refractivity contribution in [2.45, 2.75) is 37.6 Å². The van der Waals surface area contributed by atoms with Crippen LogP contribution in [0, 0.1) is 6.92 Å². The minimum Gasteiger partial charge on any atom is -0.324 e. The molecule has 1 N–H and O–H groups in total. The molecular weight excluding hydrogens is 272 g/mol. The van der Waals surface area contributed by atoms with Crippen molar-refractivity contribution in [2.75, 3.05) is 11.1 Å². The number of hydrogen-bond donors (Lipinski definition) is 1. The molecule has 1 aromatic carbocycles. The van der Waals surface area contributed by atoms with Crippen molar-refractivity contribution in [3.05, 3.63) is 29.8 Å². The van der Waals surface area contributed by atoms with Gasteiger partial charge in [0.05, 0.1) is 4.87 Å². The number of amides is 2. The van der Waals surface area contributed by atoms with Crippen molar-refractivity contribution in [1.29, 1.82) is 0 Å². The van der Waals surface area contributed by atoms with E-state index in [4.69, 9.17) is 0 Å². The summed E-state index contributed by atoms with van der Waals surface area (Å²) < 4.78 is 0. The Bertz CT molecular complexity index is 575. The van der Waals surface area contributed by atoms with Crippen molar-refractivity contribution in [1.82, 2.24) is 4.90 Å². The Labute approximate surface area is 122 Å². The average molecular weight is 290 g/mol. The van der Waals surface area contributed by atoms with Crippen LogP contribution in [0.3, 0.4) is 0 Å². The van der Waals surface area contributed by atoms with E-state index < -0.39 is 0 Å². The van der Waals surface area contributed by atoms with Crippen molar-refractivity contribution < 1.29 is 9.59 Å². The van der Waals surface area contributed by atoms with Gasteiger partial charge in [-0.3, -0.25) is 9.59 Å². The Balaban J connectivity index is 1.76. The molecule has 0 unspecified atom stereocenters. The monoisotopic (exact) mass is 290 g/mol. The molecule has 2 aliphatic rings. The molecular formula is C15H18N2O2S. The predicted molar refractivity (Wildman–Crippen MR) is 80.5 cm³/mol. The van der Waals surface area contributed by atoms with Gasteiger partial charge in [-0.15, -0.1) is 11.8 Å². The van der Waals surface area contributed by atoms with Crippen LogP contribution in [0.2, 0.25) is 0 Å². The number of hydrogen-bond acceptors (Lipinski definition) is 3. The van der Waals surface area contributed by atoms with Gasteiger partial charge < -0.3 is 10.2 Å². The Morgan fingerprint density at radius 1 is 1.50 bits per heavy atom. The lowest BCUT2D eigenvalue weighted by molar-refractivity contribution is -0.135. The lowest BCUT2D eigenvalue weighted by atomic mass is 10.2. The molecule has 4 nitrogen and oxygen atoms in total. The quantitative estimate of drug-likeness (QED) is 0.910. The third-order valence-corrected chi connectivity index (χ3v) is 5.54. The number of anilines is 1. The topological polar surface area (TPSA) is 49.4 Å². The molecule has 2 saturated heterocycles. The molecule has 20 heavy (non-hydrogen) atoms. The number of fused-ring (bicyclic) bond motifs is 1. The number of carbonyl (C=O) groups is 2. The highest BCUT2D eigenvalue weighted by molar-refractivity contribution is 8.01. The summed E-state index contributed by atoms with van der Waals surface area (Å²) >= 11 is 1.71. The molecule has 3 rings (SSSR count). The van der Waals surface area contributed by atoms with Crippen LogP contribution < -0.4 is 5.32 Å². The number of thioether (sulfide) groups is 1. The van der Waals surface area contributed by atoms with Crippen LogP contribution in [0.4, 0.5) is 5.69 Å². The standard InChI is InChI=1S/C15H18N2O2S/c1-10-4-3-5-11(8-10)16-14(19)12-9-20-15(2)7-6-13(18)17(12)15/h3-5,8,12H,6-7,9H2,1-2H3,(H,16,19)/t12-,15-/m0/s1. The van der Waals surface area contributed by atoms with Gasteiger partial charge in [-0.05, 0) is 38.0 Å². The number of rotatable bonds is 2. The molecule has 5 heteroatoms. The molecule has 0 aromatic heterocycles. The van der Waals surface area contributed by atoms with Gasteiger partial charge in [-0.1, -0.05) is 12.1 Å². The van der Waals surface area contributed by atoms with Gasteiger partial charge in [0.25, 0.3) is 0 Å². The fourth-order valence-electron chi connectivity index (χ4n) is 2.96. The smallest absolute Gasteiger partial charge is 0.248 e. The molecule has 2 aliphatic heterocycles. The summed E-state index contributed by atoms with van der Waals surface area (Å²) in [6.07, 6.45) is 1.39. The number of nitrogens with zero attached hydrogens (tertiary/aromatic N) is 1. The highest BCUT2D eigenvalue weighted by Gasteiger charge is 2.52. The minimum absolute atomic E-state index is 0.0814. The summed E-state index contributed by atoms with van der Waals surface area (Å²) in [4.78, 5) is 26.0. The van der Waals surface area contributed by atoms with E-state index in [9.17, 15) is 9.59 Å². The lowest BCUT2D eigenvalue weighted by Crippen LogP contribution is -2.48. The molecule has 2 fully saturated rings. The lowest BCUT2D eigenvalue weighted by Gasteiger charge is -2.29. The molecule has 0 saturated carbocycles. The third kappa shape index (κ3) is 2.20. The van der Waals surface area contributed by atoms with E-state index in [1.54, 1.807) is 16.7 Å². The Morgan fingerprint density at radius 2 is 2.30 bits per heavy atom. The summed E-state index contributed by atoms with van der Waals surface area (Å²) in [6, 6.07) is 7.37. The highest BCUT2D eigenvalue weighted by atomic mass is 32.2. The van der Waals surface area contributed by atoms with Crippen LogP contribution in [0.5, 0.6) is 0 Å². The molecule has 1 aromatic rings. The summed E-state index contributed by atoms with van der Waals surface area (Å²) in [5, 5.41) is 2.93. The van der Waals surface area contributed by atoms with Crippen LogP contribution in [0.15, 0.2) is 24.3 Å². The van der Waals surface area contributed by atoms with Crippen LogP contribution in [-0.2, 0) is 9.59 Å². The largest absolute Gasteiger partial charge is 0.324 e. The zero-order chi connectivity index (χ0) is 14.3. The molecule has 0 spiro atoms. The SMILES string of the molecule is Cc1cccc(NC(=O)[C@@H]2CS[C@@]3(C)CCC(=O)N23)c1. The first-order chi connectivity index (χ1) is 9.49. The predicted octanol–water partition coefficient (Wildman–Crippen LogP) is 2.39. The maximum atomic E-state index is 12.4. The highest BCUT2D eigenvalue weighted by Crippen LogP contribution is 2.47. The van der Waals surface area contributed by atoms with E-state index in [-0.39, 0.29) is 22.7 Å². The van der Waals surface area contributed by atoms with E-state index in [0.29, 0.717) is 12.2 Å². The van der Waals surface area contributed by atoms with Crippen LogP contribution in [0.1, 0.15) is 25.3 Å². The van der Waals surface area contributed by atoms with Crippen molar-refractivity contribution in [2.24, 2.45) is 0 Å². The third-order valence-electron chi connectivity index (χ3n) is 4.03. The van der Waals surface area contributed by atoms with Crippen LogP contribution in [0.25, 0.3) is 0 Å². The second-order valence-electron chi connectivity index (χ2n) is 5.62. The van der Waals surface area contributed by atoms with E-state index in [1.165, 1.54) is 0 Å². The van der Waals surface area contributed by atoms with Gasteiger partial charge in [0.15, 0.2) is 0 Å². The molecule has 0 aliphatic carbocycles. The molecule has 0 bridgehead atoms. The first-order valence-electron chi connectivity index (χ1n) is 6.83. The van der Waals surface area contributed by atoms with E-state index in [1.807, 2.05) is 31.2 Å². The minimum atomic E-state index is -0.347. The number of nitrogens with one attached hydrogen (secondary N) is 1. The van der Waals surface area contributed by atoms with Crippen molar-refractivity contribution >= 4 is 29.3 Å². The van der Waals surface area contributed by atoms with Gasteiger partial charge in [-0.2, -0.15) is 0 Å². The fraction of sp³-hybridized carbons (Fsp3) is 0.467. The summed E-state index contributed by atoms with van der Waals surface area (Å²) in [5.74, 6) is 0.698. The molecule has 2 amide bonds. The number of aryl methyl sites for hydroxylation is 1. The van der Waals surface area contributed by atoms with Gasteiger partial charge >= 0.3 is 0 Å². The molecule has 0 radical (unpaired) electrons. The summed E-state index contributed by atoms with van der Waals surface area (Å²) in [5.41, 5.74) is 1.89. The Hall–Kier alpha value is -1.49. The molecule has 106 valence electrons. The van der Waals surface area contributed by atoms with Gasteiger partial charge in [-0.25, -0.2) is 0 Å². The second-order valence-corrected chi connectivity index (χ2v) is 7.13. The van der Waals surface area contributed by atoms with Gasteiger partial charge in [0.2, 0.25) is 11.8 Å². The summed E-state index contributed by atoms with van der Waals surface area (Å²) in [6.45, 7) is 4.05. The average Bonchev–Trinajstić information content (AvgIpc) is 2.87. The van der Waals surface area contributed by atoms with E-state index in [2.05, 4.69) is 12.2 Å². The Kier molecular flexibility index (Phi) is 3.24. The zero-order valence-electron chi connectivity index (χ0n) is 11.7. The number of carbonyl (C=O) groups excluding carboxylic acids is 2. The maximum absolute atomic E-state index is 12.4. The van der Waals surface area contributed by atoms with Crippen LogP contribution in [-0.4, -0.2) is 33.4 Å². The van der Waals surface area contributed by atoms with Crippen molar-refractivity contribution in [3.8, 4) is 0 Å². The van der Waals surface area contributed by atoms with Gasteiger partial charge in [0, 0.05) is 17.9 Å². The van der Waals surface area contributed by atoms with Gasteiger partial charge in [0.1, 0.15) is 6.04 Å². The first-order valence-corrected chi connectivity index (χ1v) is 7.82. The second kappa shape index (κ2) is 4.81. The normalized spacial score (nSPS) is 28.6. The van der Waals surface area contributed by atoms with Crippen LogP contribution >= 0.6 is 11.8 Å². The first kappa shape index (κ1) is 13.5. The van der Waals surface area contributed by atoms with Crippen molar-refractivity contribution in [3.63, 3.8) is 0 Å². The van der Waals surface area contributed by atoms with E-state index >= 15 is 0 Å². The summed E-state index contributed by atoms with van der Waals surface area (Å²) in [7, 11) is 0. The fourth-order valence-corrected chi connectivity index (χ4v) is 4.39. The number of benzene rings is 1.